The van der Waals surface area contributed by atoms with Crippen LogP contribution >= 0.6 is 11.3 Å². The number of hydrogen-bond donors (Lipinski definition) is 1. The highest BCUT2D eigenvalue weighted by molar-refractivity contribution is 7.10. The molecule has 0 saturated carbocycles. The summed E-state index contributed by atoms with van der Waals surface area (Å²) in [6.45, 7) is 8.48. The molecular weight excluding hydrogens is 216 g/mol. The molecule has 2 nitrogen and oxygen atoms in total. The van der Waals surface area contributed by atoms with Crippen molar-refractivity contribution in [3.8, 4) is 0 Å². The van der Waals surface area contributed by atoms with E-state index < -0.39 is 0 Å². The average molecular weight is 240 g/mol. The van der Waals surface area contributed by atoms with Gasteiger partial charge in [0.25, 0.3) is 0 Å². The van der Waals surface area contributed by atoms with Gasteiger partial charge in [0.2, 0.25) is 0 Å². The van der Waals surface area contributed by atoms with E-state index in [4.69, 9.17) is 5.73 Å². The fourth-order valence-electron chi connectivity index (χ4n) is 2.06. The second-order valence-electron chi connectivity index (χ2n) is 5.22. The topological polar surface area (TPSA) is 29.3 Å². The van der Waals surface area contributed by atoms with E-state index >= 15 is 0 Å². The van der Waals surface area contributed by atoms with Gasteiger partial charge in [-0.25, -0.2) is 0 Å². The lowest BCUT2D eigenvalue weighted by Gasteiger charge is -2.33. The fourth-order valence-corrected chi connectivity index (χ4v) is 3.04. The number of thiophene rings is 1. The third kappa shape index (κ3) is 3.58. The monoisotopic (exact) mass is 240 g/mol. The van der Waals surface area contributed by atoms with Gasteiger partial charge < -0.3 is 5.73 Å². The van der Waals surface area contributed by atoms with E-state index in [1.165, 1.54) is 4.88 Å². The lowest BCUT2D eigenvalue weighted by molar-refractivity contribution is 0.163. The molecule has 1 unspecified atom stereocenters. The second-order valence-corrected chi connectivity index (χ2v) is 6.20. The Bertz CT molecular complexity index is 293. The summed E-state index contributed by atoms with van der Waals surface area (Å²) in [6.07, 6.45) is 1.15. The maximum Gasteiger partial charge on any atom is 0.0436 e. The molecule has 1 atom stereocenters. The maximum atomic E-state index is 5.79. The summed E-state index contributed by atoms with van der Waals surface area (Å²) in [4.78, 5) is 3.89. The number of nitrogens with two attached hydrogens (primary N) is 1. The maximum absolute atomic E-state index is 5.79. The standard InChI is InChI=1S/C13H24N2S/c1-5-11(12-7-6-8-16-12)15(4)10-13(2,3)9-14/h6-8,11H,5,9-10,14H2,1-4H3. The molecule has 16 heavy (non-hydrogen) atoms. The van der Waals surface area contributed by atoms with Crippen molar-refractivity contribution in [2.75, 3.05) is 20.1 Å². The molecule has 0 aliphatic carbocycles. The molecule has 3 heteroatoms. The summed E-state index contributed by atoms with van der Waals surface area (Å²) in [6, 6.07) is 4.89. The zero-order valence-corrected chi connectivity index (χ0v) is 11.7. The van der Waals surface area contributed by atoms with Crippen LogP contribution in [0.2, 0.25) is 0 Å². The third-order valence-electron chi connectivity index (χ3n) is 3.02. The van der Waals surface area contributed by atoms with Gasteiger partial charge in [-0.15, -0.1) is 11.3 Å². The van der Waals surface area contributed by atoms with E-state index in [9.17, 15) is 0 Å². The van der Waals surface area contributed by atoms with Crippen LogP contribution in [0.1, 0.15) is 38.1 Å². The van der Waals surface area contributed by atoms with Crippen molar-refractivity contribution >= 4 is 11.3 Å². The van der Waals surface area contributed by atoms with Gasteiger partial charge >= 0.3 is 0 Å². The highest BCUT2D eigenvalue weighted by Crippen LogP contribution is 2.29. The fraction of sp³-hybridized carbons (Fsp3) is 0.692. The Morgan fingerprint density at radius 2 is 2.19 bits per heavy atom. The highest BCUT2D eigenvalue weighted by atomic mass is 32.1. The average Bonchev–Trinajstić information content (AvgIpc) is 2.71. The molecule has 1 aromatic rings. The molecule has 0 radical (unpaired) electrons. The van der Waals surface area contributed by atoms with Gasteiger partial charge in [0, 0.05) is 17.5 Å². The molecule has 0 aliphatic rings. The number of hydrogen-bond acceptors (Lipinski definition) is 3. The minimum Gasteiger partial charge on any atom is -0.330 e. The minimum absolute atomic E-state index is 0.194. The first-order valence-corrected chi connectivity index (χ1v) is 6.82. The Hall–Kier alpha value is -0.380. The molecule has 0 saturated heterocycles. The lowest BCUT2D eigenvalue weighted by atomic mass is 9.92. The largest absolute Gasteiger partial charge is 0.330 e. The summed E-state index contributed by atoms with van der Waals surface area (Å²) in [7, 11) is 2.20. The van der Waals surface area contributed by atoms with Crippen molar-refractivity contribution in [3.05, 3.63) is 22.4 Å². The molecular formula is C13H24N2S. The van der Waals surface area contributed by atoms with E-state index in [1.54, 1.807) is 0 Å². The van der Waals surface area contributed by atoms with Gasteiger partial charge in [-0.2, -0.15) is 0 Å². The van der Waals surface area contributed by atoms with Gasteiger partial charge in [-0.1, -0.05) is 26.8 Å². The SMILES string of the molecule is CCC(c1cccs1)N(C)CC(C)(C)CN. The molecule has 0 aliphatic heterocycles. The minimum atomic E-state index is 0.194. The molecule has 1 heterocycles. The molecule has 0 spiro atoms. The van der Waals surface area contributed by atoms with E-state index in [-0.39, 0.29) is 5.41 Å². The van der Waals surface area contributed by atoms with Crippen LogP contribution < -0.4 is 5.73 Å². The van der Waals surface area contributed by atoms with Crippen molar-refractivity contribution < 1.29 is 0 Å². The van der Waals surface area contributed by atoms with Crippen molar-refractivity contribution in [3.63, 3.8) is 0 Å². The van der Waals surface area contributed by atoms with Crippen LogP contribution in [0.25, 0.3) is 0 Å². The molecule has 1 aromatic heterocycles. The molecule has 0 amide bonds. The summed E-state index contributed by atoms with van der Waals surface area (Å²) in [5.74, 6) is 0. The van der Waals surface area contributed by atoms with Crippen molar-refractivity contribution in [1.29, 1.82) is 0 Å². The van der Waals surface area contributed by atoms with Crippen LogP contribution in [-0.2, 0) is 0 Å². The van der Waals surface area contributed by atoms with Crippen LogP contribution in [0.5, 0.6) is 0 Å². The molecule has 2 N–H and O–H groups in total. The summed E-state index contributed by atoms with van der Waals surface area (Å²) < 4.78 is 0. The van der Waals surface area contributed by atoms with Crippen molar-refractivity contribution in [2.24, 2.45) is 11.1 Å². The van der Waals surface area contributed by atoms with Crippen LogP contribution in [-0.4, -0.2) is 25.0 Å². The van der Waals surface area contributed by atoms with Gasteiger partial charge in [-0.3, -0.25) is 4.90 Å². The zero-order valence-electron chi connectivity index (χ0n) is 10.9. The first kappa shape index (κ1) is 13.7. The lowest BCUT2D eigenvalue weighted by Crippen LogP contribution is -2.38. The van der Waals surface area contributed by atoms with E-state index in [0.29, 0.717) is 6.04 Å². The van der Waals surface area contributed by atoms with Crippen LogP contribution in [0.4, 0.5) is 0 Å². The molecule has 1 rings (SSSR count). The quantitative estimate of drug-likeness (QED) is 0.828. The van der Waals surface area contributed by atoms with E-state index in [1.807, 2.05) is 11.3 Å². The summed E-state index contributed by atoms with van der Waals surface area (Å²) >= 11 is 1.84. The summed E-state index contributed by atoms with van der Waals surface area (Å²) in [5, 5.41) is 2.15. The number of rotatable bonds is 6. The molecule has 0 fully saturated rings. The van der Waals surface area contributed by atoms with Gasteiger partial charge in [-0.05, 0) is 36.9 Å². The first-order valence-electron chi connectivity index (χ1n) is 5.94. The third-order valence-corrected chi connectivity index (χ3v) is 3.99. The van der Waals surface area contributed by atoms with Crippen molar-refractivity contribution in [1.82, 2.24) is 4.90 Å². The Labute approximate surface area is 103 Å². The van der Waals surface area contributed by atoms with Crippen LogP contribution in [0.15, 0.2) is 17.5 Å². The van der Waals surface area contributed by atoms with Gasteiger partial charge in [0.05, 0.1) is 0 Å². The van der Waals surface area contributed by atoms with Crippen LogP contribution in [0.3, 0.4) is 0 Å². The zero-order chi connectivity index (χ0) is 12.2. The summed E-state index contributed by atoms with van der Waals surface area (Å²) in [5.41, 5.74) is 5.98. The Kier molecular flexibility index (Phi) is 4.96. The second kappa shape index (κ2) is 5.80. The molecule has 0 bridgehead atoms. The smallest absolute Gasteiger partial charge is 0.0436 e. The predicted octanol–water partition coefficient (Wildman–Crippen LogP) is 3.12. The predicted molar refractivity (Wildman–Crippen MR) is 72.8 cm³/mol. The Morgan fingerprint density at radius 1 is 1.50 bits per heavy atom. The Balaban J connectivity index is 2.67. The van der Waals surface area contributed by atoms with Gasteiger partial charge in [0.15, 0.2) is 0 Å². The van der Waals surface area contributed by atoms with E-state index in [0.717, 1.165) is 19.5 Å². The van der Waals surface area contributed by atoms with Crippen LogP contribution in [0, 0.1) is 5.41 Å². The normalized spacial score (nSPS) is 14.4. The molecule has 0 aromatic carbocycles. The highest BCUT2D eigenvalue weighted by Gasteiger charge is 2.23. The van der Waals surface area contributed by atoms with Gasteiger partial charge in [0.1, 0.15) is 0 Å². The van der Waals surface area contributed by atoms with E-state index in [2.05, 4.69) is 50.2 Å². The van der Waals surface area contributed by atoms with Crippen molar-refractivity contribution in [2.45, 2.75) is 33.2 Å². The number of nitrogens with zero attached hydrogens (tertiary/aromatic N) is 1. The first-order chi connectivity index (χ1) is 7.50. The Morgan fingerprint density at radius 3 is 2.62 bits per heavy atom. The molecule has 92 valence electrons.